The first kappa shape index (κ1) is 19.9. The second-order valence-corrected chi connectivity index (χ2v) is 7.74. The van der Waals surface area contributed by atoms with Gasteiger partial charge in [0.25, 0.3) is 5.91 Å². The predicted molar refractivity (Wildman–Crippen MR) is 117 cm³/mol. The number of carbonyl (C=O) groups is 1. The molecule has 3 heterocycles. The van der Waals surface area contributed by atoms with Crippen LogP contribution in [-0.4, -0.2) is 40.9 Å². The van der Waals surface area contributed by atoms with Crippen molar-refractivity contribution >= 4 is 28.3 Å². The summed E-state index contributed by atoms with van der Waals surface area (Å²) in [5.74, 6) is 1.33. The number of ether oxygens (including phenoxy) is 2. The zero-order valence-electron chi connectivity index (χ0n) is 16.8. The molecular weight excluding hydrogens is 400 g/mol. The second kappa shape index (κ2) is 8.96. The molecule has 154 valence electrons. The van der Waals surface area contributed by atoms with E-state index in [0.717, 1.165) is 22.6 Å². The number of hydrogen-bond acceptors (Lipinski definition) is 6. The van der Waals surface area contributed by atoms with E-state index >= 15 is 0 Å². The molecule has 30 heavy (non-hydrogen) atoms. The molecule has 0 radical (unpaired) electrons. The standard InChI is InChI=1S/C22H22N4O3S/c1-15-12-19(20-13-24-26(21(20)25-15)14-18-4-3-11-30-18)22(27)23-9-10-29-17-7-5-16(28-2)6-8-17/h3-8,11-13H,9-10,14H2,1-2H3,(H,23,27). The number of rotatable bonds is 8. The van der Waals surface area contributed by atoms with E-state index in [1.807, 2.05) is 47.3 Å². The van der Waals surface area contributed by atoms with Crippen molar-refractivity contribution in [2.24, 2.45) is 0 Å². The minimum Gasteiger partial charge on any atom is -0.497 e. The summed E-state index contributed by atoms with van der Waals surface area (Å²) in [7, 11) is 1.62. The topological polar surface area (TPSA) is 78.3 Å². The Morgan fingerprint density at radius 1 is 1.20 bits per heavy atom. The molecule has 0 atom stereocenters. The molecule has 0 saturated heterocycles. The monoisotopic (exact) mass is 422 g/mol. The minimum absolute atomic E-state index is 0.167. The van der Waals surface area contributed by atoms with Crippen LogP contribution < -0.4 is 14.8 Å². The molecule has 0 aliphatic carbocycles. The van der Waals surface area contributed by atoms with Gasteiger partial charge in [0, 0.05) is 10.6 Å². The number of thiophene rings is 1. The maximum absolute atomic E-state index is 12.8. The molecule has 3 aromatic heterocycles. The molecule has 4 aromatic rings. The Morgan fingerprint density at radius 3 is 2.73 bits per heavy atom. The summed E-state index contributed by atoms with van der Waals surface area (Å²) in [6, 6.07) is 13.2. The molecule has 0 unspecified atom stereocenters. The van der Waals surface area contributed by atoms with Crippen LogP contribution in [0.2, 0.25) is 0 Å². The molecule has 0 saturated carbocycles. The first-order valence-corrected chi connectivity index (χ1v) is 10.4. The third kappa shape index (κ3) is 4.44. The Morgan fingerprint density at radius 2 is 2.00 bits per heavy atom. The van der Waals surface area contributed by atoms with Crippen LogP contribution >= 0.6 is 11.3 Å². The van der Waals surface area contributed by atoms with Crippen molar-refractivity contribution in [3.63, 3.8) is 0 Å². The Hall–Kier alpha value is -3.39. The third-order valence-corrected chi connectivity index (χ3v) is 5.44. The first-order chi connectivity index (χ1) is 14.6. The molecule has 0 aliphatic heterocycles. The van der Waals surface area contributed by atoms with Crippen molar-refractivity contribution in [3.05, 3.63) is 70.2 Å². The fourth-order valence-electron chi connectivity index (χ4n) is 3.13. The van der Waals surface area contributed by atoms with E-state index < -0.39 is 0 Å². The van der Waals surface area contributed by atoms with Gasteiger partial charge in [-0.05, 0) is 48.7 Å². The molecular formula is C22H22N4O3S. The molecule has 1 aromatic carbocycles. The van der Waals surface area contributed by atoms with Gasteiger partial charge in [-0.3, -0.25) is 4.79 Å². The van der Waals surface area contributed by atoms with Gasteiger partial charge < -0.3 is 14.8 Å². The second-order valence-electron chi connectivity index (χ2n) is 6.71. The van der Waals surface area contributed by atoms with E-state index in [4.69, 9.17) is 9.47 Å². The predicted octanol–water partition coefficient (Wildman–Crippen LogP) is 3.67. The summed E-state index contributed by atoms with van der Waals surface area (Å²) in [4.78, 5) is 18.6. The van der Waals surface area contributed by atoms with Gasteiger partial charge in [0.05, 0.1) is 37.3 Å². The lowest BCUT2D eigenvalue weighted by molar-refractivity contribution is 0.0948. The van der Waals surface area contributed by atoms with Gasteiger partial charge in [0.15, 0.2) is 5.65 Å². The summed E-state index contributed by atoms with van der Waals surface area (Å²) >= 11 is 1.67. The average Bonchev–Trinajstić information content (AvgIpc) is 3.41. The fraction of sp³-hybridized carbons (Fsp3) is 0.227. The molecule has 0 fully saturated rings. The Balaban J connectivity index is 1.41. The lowest BCUT2D eigenvalue weighted by Crippen LogP contribution is -2.28. The van der Waals surface area contributed by atoms with Gasteiger partial charge in [-0.15, -0.1) is 11.3 Å². The summed E-state index contributed by atoms with van der Waals surface area (Å²) < 4.78 is 12.6. The van der Waals surface area contributed by atoms with Gasteiger partial charge in [-0.2, -0.15) is 5.10 Å². The zero-order chi connectivity index (χ0) is 20.9. The molecule has 8 heteroatoms. The number of pyridine rings is 1. The summed E-state index contributed by atoms with van der Waals surface area (Å²) in [5.41, 5.74) is 2.05. The Bertz CT molecular complexity index is 1140. The highest BCUT2D eigenvalue weighted by Gasteiger charge is 2.16. The molecule has 0 spiro atoms. The smallest absolute Gasteiger partial charge is 0.252 e. The lowest BCUT2D eigenvalue weighted by atomic mass is 10.1. The SMILES string of the molecule is COc1ccc(OCCNC(=O)c2cc(C)nc3c2cnn3Cc2cccs2)cc1. The molecule has 1 amide bonds. The van der Waals surface area contributed by atoms with Gasteiger partial charge in [-0.25, -0.2) is 9.67 Å². The summed E-state index contributed by atoms with van der Waals surface area (Å²) in [5, 5.41) is 10.1. The van der Waals surface area contributed by atoms with Gasteiger partial charge in [-0.1, -0.05) is 6.07 Å². The van der Waals surface area contributed by atoms with Crippen molar-refractivity contribution < 1.29 is 14.3 Å². The van der Waals surface area contributed by atoms with Gasteiger partial charge >= 0.3 is 0 Å². The fourth-order valence-corrected chi connectivity index (χ4v) is 3.81. The number of nitrogens with zero attached hydrogens (tertiary/aromatic N) is 3. The number of hydrogen-bond donors (Lipinski definition) is 1. The number of benzene rings is 1. The van der Waals surface area contributed by atoms with Crippen LogP contribution in [0.4, 0.5) is 0 Å². The van der Waals surface area contributed by atoms with E-state index in [2.05, 4.69) is 21.5 Å². The number of amides is 1. The van der Waals surface area contributed by atoms with Crippen molar-refractivity contribution in [1.82, 2.24) is 20.1 Å². The largest absolute Gasteiger partial charge is 0.497 e. The Labute approximate surface area is 178 Å². The van der Waals surface area contributed by atoms with Gasteiger partial charge in [0.2, 0.25) is 0 Å². The summed E-state index contributed by atoms with van der Waals surface area (Å²) in [6.45, 7) is 3.26. The highest BCUT2D eigenvalue weighted by Crippen LogP contribution is 2.21. The molecule has 7 nitrogen and oxygen atoms in total. The van der Waals surface area contributed by atoms with E-state index in [-0.39, 0.29) is 5.91 Å². The maximum Gasteiger partial charge on any atom is 0.252 e. The average molecular weight is 423 g/mol. The van der Waals surface area contributed by atoms with Crippen molar-refractivity contribution in [2.45, 2.75) is 13.5 Å². The van der Waals surface area contributed by atoms with Crippen LogP contribution in [0.1, 0.15) is 20.9 Å². The first-order valence-electron chi connectivity index (χ1n) is 9.54. The van der Waals surface area contributed by atoms with Crippen LogP contribution in [0.3, 0.4) is 0 Å². The van der Waals surface area contributed by atoms with Crippen molar-refractivity contribution in [2.75, 3.05) is 20.3 Å². The number of nitrogens with one attached hydrogen (secondary N) is 1. The summed E-state index contributed by atoms with van der Waals surface area (Å²) in [6.07, 6.45) is 1.71. The van der Waals surface area contributed by atoms with Crippen molar-refractivity contribution in [1.29, 1.82) is 0 Å². The number of carbonyl (C=O) groups excluding carboxylic acids is 1. The van der Waals surface area contributed by atoms with Gasteiger partial charge in [0.1, 0.15) is 18.1 Å². The molecule has 1 N–H and O–H groups in total. The molecule has 0 aliphatic rings. The van der Waals surface area contributed by atoms with E-state index in [0.29, 0.717) is 30.9 Å². The number of aromatic nitrogens is 3. The Kier molecular flexibility index (Phi) is 5.94. The maximum atomic E-state index is 12.8. The molecule has 4 rings (SSSR count). The van der Waals surface area contributed by atoms with E-state index in [9.17, 15) is 4.79 Å². The van der Waals surface area contributed by atoms with Crippen LogP contribution in [0, 0.1) is 6.92 Å². The molecule has 0 bridgehead atoms. The van der Waals surface area contributed by atoms with E-state index in [1.54, 1.807) is 30.7 Å². The highest BCUT2D eigenvalue weighted by atomic mass is 32.1. The van der Waals surface area contributed by atoms with Crippen molar-refractivity contribution in [3.8, 4) is 11.5 Å². The minimum atomic E-state index is -0.167. The zero-order valence-corrected chi connectivity index (χ0v) is 17.6. The lowest BCUT2D eigenvalue weighted by Gasteiger charge is -2.10. The van der Waals surface area contributed by atoms with Crippen LogP contribution in [0.15, 0.2) is 54.0 Å². The van der Waals surface area contributed by atoms with Crippen LogP contribution in [0.5, 0.6) is 11.5 Å². The number of methoxy groups -OCH3 is 1. The number of fused-ring (bicyclic) bond motifs is 1. The third-order valence-electron chi connectivity index (χ3n) is 4.58. The highest BCUT2D eigenvalue weighted by molar-refractivity contribution is 7.09. The number of aryl methyl sites for hydroxylation is 1. The van der Waals surface area contributed by atoms with Crippen LogP contribution in [-0.2, 0) is 6.54 Å². The normalized spacial score (nSPS) is 10.9. The van der Waals surface area contributed by atoms with E-state index in [1.165, 1.54) is 4.88 Å². The van der Waals surface area contributed by atoms with Crippen LogP contribution in [0.25, 0.3) is 11.0 Å². The quantitative estimate of drug-likeness (QED) is 0.439.